The first kappa shape index (κ1) is 9.56. The van der Waals surface area contributed by atoms with Crippen molar-refractivity contribution in [2.24, 2.45) is 11.1 Å². The highest BCUT2D eigenvalue weighted by Crippen LogP contribution is 2.21. The Bertz CT molecular complexity index is 128. The van der Waals surface area contributed by atoms with E-state index in [1.807, 2.05) is 0 Å². The van der Waals surface area contributed by atoms with Crippen molar-refractivity contribution in [2.45, 2.75) is 45.4 Å². The third kappa shape index (κ3) is 3.74. The third-order valence-electron chi connectivity index (χ3n) is 2.20. The highest BCUT2D eigenvalue weighted by Gasteiger charge is 2.11. The molecule has 0 atom stereocenters. The molecular formula is C10H18NO. The smallest absolute Gasteiger partial charge is 0.116 e. The minimum Gasteiger partial charge on any atom is -0.396 e. The van der Waals surface area contributed by atoms with Crippen molar-refractivity contribution in [3.05, 3.63) is 0 Å². The zero-order chi connectivity index (χ0) is 8.65. The molecule has 1 aliphatic rings. The van der Waals surface area contributed by atoms with E-state index in [2.05, 4.69) is 18.3 Å². The Morgan fingerprint density at radius 1 is 1.33 bits per heavy atom. The molecule has 0 aromatic carbocycles. The third-order valence-corrected chi connectivity index (χ3v) is 2.20. The Labute approximate surface area is 75.0 Å². The van der Waals surface area contributed by atoms with Crippen LogP contribution in [0.1, 0.15) is 45.4 Å². The topological polar surface area (TPSA) is 21.6 Å². The Morgan fingerprint density at radius 2 is 2.08 bits per heavy atom. The minimum atomic E-state index is 0.565. The van der Waals surface area contributed by atoms with Crippen molar-refractivity contribution in [1.29, 1.82) is 0 Å². The standard InChI is InChI=1S/C10H18NO/c1-2-8-12-11-9-10-6-4-3-5-7-10/h10H,2-8H2,1H3. The molecule has 1 aliphatic carbocycles. The molecule has 0 N–H and O–H groups in total. The van der Waals surface area contributed by atoms with Crippen molar-refractivity contribution in [1.82, 2.24) is 0 Å². The van der Waals surface area contributed by atoms with Gasteiger partial charge >= 0.3 is 0 Å². The molecular weight excluding hydrogens is 150 g/mol. The molecule has 1 rings (SSSR count). The maximum atomic E-state index is 5.00. The van der Waals surface area contributed by atoms with Gasteiger partial charge in [0.05, 0.1) is 0 Å². The van der Waals surface area contributed by atoms with Crippen LogP contribution in [-0.2, 0) is 4.84 Å². The molecule has 69 valence electrons. The van der Waals surface area contributed by atoms with Gasteiger partial charge in [-0.25, -0.2) is 0 Å². The van der Waals surface area contributed by atoms with Crippen molar-refractivity contribution in [3.8, 4) is 0 Å². The van der Waals surface area contributed by atoms with Crippen LogP contribution in [-0.4, -0.2) is 12.8 Å². The summed E-state index contributed by atoms with van der Waals surface area (Å²) >= 11 is 0. The van der Waals surface area contributed by atoms with Gasteiger partial charge in [0.25, 0.3) is 0 Å². The largest absolute Gasteiger partial charge is 0.396 e. The summed E-state index contributed by atoms with van der Waals surface area (Å²) in [7, 11) is 0. The molecule has 0 aromatic heterocycles. The summed E-state index contributed by atoms with van der Waals surface area (Å²) in [6, 6.07) is 0. The second kappa shape index (κ2) is 6.04. The van der Waals surface area contributed by atoms with Crippen molar-refractivity contribution in [3.63, 3.8) is 0 Å². The fourth-order valence-corrected chi connectivity index (χ4v) is 1.48. The summed E-state index contributed by atoms with van der Waals surface area (Å²) in [5.41, 5.74) is 0. The first-order valence-electron chi connectivity index (χ1n) is 5.01. The summed E-state index contributed by atoms with van der Waals surface area (Å²) in [4.78, 5) is 5.00. The number of hydrogen-bond acceptors (Lipinski definition) is 2. The van der Waals surface area contributed by atoms with Crippen molar-refractivity contribution >= 4 is 6.21 Å². The summed E-state index contributed by atoms with van der Waals surface area (Å²) in [5.74, 6) is 0.565. The van der Waals surface area contributed by atoms with Gasteiger partial charge in [-0.15, -0.1) is 0 Å². The summed E-state index contributed by atoms with van der Waals surface area (Å²) in [6.07, 6.45) is 10.6. The van der Waals surface area contributed by atoms with E-state index in [1.165, 1.54) is 32.1 Å². The van der Waals surface area contributed by atoms with E-state index in [0.717, 1.165) is 13.0 Å². The van der Waals surface area contributed by atoms with Gasteiger partial charge in [-0.3, -0.25) is 0 Å². The monoisotopic (exact) mass is 168 g/mol. The molecule has 1 fully saturated rings. The molecule has 0 aromatic rings. The van der Waals surface area contributed by atoms with E-state index < -0.39 is 0 Å². The van der Waals surface area contributed by atoms with Crippen molar-refractivity contribution in [2.75, 3.05) is 6.61 Å². The van der Waals surface area contributed by atoms with Crippen LogP contribution in [0.4, 0.5) is 0 Å². The molecule has 0 bridgehead atoms. The van der Waals surface area contributed by atoms with Gasteiger partial charge in [-0.1, -0.05) is 31.3 Å². The van der Waals surface area contributed by atoms with Gasteiger partial charge in [-0.2, -0.15) is 0 Å². The lowest BCUT2D eigenvalue weighted by Crippen LogP contribution is -2.07. The summed E-state index contributed by atoms with van der Waals surface area (Å²) in [6.45, 7) is 2.80. The second-order valence-electron chi connectivity index (χ2n) is 3.39. The van der Waals surface area contributed by atoms with E-state index in [4.69, 9.17) is 4.84 Å². The number of rotatable bonds is 4. The predicted octanol–water partition coefficient (Wildman–Crippen LogP) is 2.86. The van der Waals surface area contributed by atoms with Crippen molar-refractivity contribution < 1.29 is 4.84 Å². The predicted molar refractivity (Wildman–Crippen MR) is 50.3 cm³/mol. The van der Waals surface area contributed by atoms with E-state index in [1.54, 1.807) is 0 Å². The summed E-state index contributed by atoms with van der Waals surface area (Å²) in [5, 5.41) is 3.83. The van der Waals surface area contributed by atoms with E-state index in [-0.39, 0.29) is 0 Å². The molecule has 2 nitrogen and oxygen atoms in total. The Hall–Kier alpha value is -0.530. The zero-order valence-electron chi connectivity index (χ0n) is 7.88. The van der Waals surface area contributed by atoms with Crippen LogP contribution in [0, 0.1) is 5.92 Å². The van der Waals surface area contributed by atoms with Gasteiger partial charge in [0.2, 0.25) is 0 Å². The van der Waals surface area contributed by atoms with E-state index >= 15 is 0 Å². The zero-order valence-corrected chi connectivity index (χ0v) is 7.88. The summed E-state index contributed by atoms with van der Waals surface area (Å²) < 4.78 is 0. The molecule has 0 amide bonds. The van der Waals surface area contributed by atoms with Gasteiger partial charge in [-0.05, 0) is 19.3 Å². The van der Waals surface area contributed by atoms with Crippen LogP contribution in [0.2, 0.25) is 0 Å². The number of nitrogens with zero attached hydrogens (tertiary/aromatic N) is 1. The maximum Gasteiger partial charge on any atom is 0.116 e. The molecule has 12 heavy (non-hydrogen) atoms. The first-order chi connectivity index (χ1) is 5.93. The van der Waals surface area contributed by atoms with Gasteiger partial charge in [0.15, 0.2) is 0 Å². The SMILES string of the molecule is CCCO/N=[C]\C1CCCCC1. The first-order valence-corrected chi connectivity index (χ1v) is 5.01. The van der Waals surface area contributed by atoms with Crippen LogP contribution in [0.3, 0.4) is 0 Å². The molecule has 0 saturated heterocycles. The normalized spacial score (nSPS) is 20.1. The highest BCUT2D eigenvalue weighted by molar-refractivity contribution is 5.59. The Balaban J connectivity index is 2.07. The molecule has 0 spiro atoms. The van der Waals surface area contributed by atoms with E-state index in [0.29, 0.717) is 5.92 Å². The average Bonchev–Trinajstić information content (AvgIpc) is 2.14. The molecule has 0 heterocycles. The highest BCUT2D eigenvalue weighted by atomic mass is 16.6. The molecule has 0 aliphatic heterocycles. The van der Waals surface area contributed by atoms with Gasteiger partial charge < -0.3 is 4.84 Å². The van der Waals surface area contributed by atoms with Gasteiger partial charge in [0.1, 0.15) is 12.8 Å². The number of hydrogen-bond donors (Lipinski definition) is 0. The lowest BCUT2D eigenvalue weighted by molar-refractivity contribution is 0.144. The quantitative estimate of drug-likeness (QED) is 0.359. The Kier molecular flexibility index (Phi) is 4.81. The van der Waals surface area contributed by atoms with E-state index in [9.17, 15) is 0 Å². The van der Waals surface area contributed by atoms with Crippen LogP contribution in [0.15, 0.2) is 5.16 Å². The van der Waals surface area contributed by atoms with Crippen LogP contribution in [0.25, 0.3) is 0 Å². The molecule has 1 radical (unpaired) electrons. The maximum absolute atomic E-state index is 5.00. The average molecular weight is 168 g/mol. The fraction of sp³-hybridized carbons (Fsp3) is 0.900. The van der Waals surface area contributed by atoms with Crippen LogP contribution in [0.5, 0.6) is 0 Å². The lowest BCUT2D eigenvalue weighted by atomic mass is 9.90. The molecule has 0 unspecified atom stereocenters. The lowest BCUT2D eigenvalue weighted by Gasteiger charge is -2.15. The minimum absolute atomic E-state index is 0.565. The molecule has 2 heteroatoms. The van der Waals surface area contributed by atoms with Crippen LogP contribution >= 0.6 is 0 Å². The fourth-order valence-electron chi connectivity index (χ4n) is 1.48. The second-order valence-corrected chi connectivity index (χ2v) is 3.39. The van der Waals surface area contributed by atoms with Crippen LogP contribution < -0.4 is 0 Å². The van der Waals surface area contributed by atoms with Gasteiger partial charge in [0, 0.05) is 5.92 Å². The Morgan fingerprint density at radius 3 is 2.75 bits per heavy atom. The molecule has 1 saturated carbocycles.